The molecular weight excluding hydrogens is 344 g/mol. The van der Waals surface area contributed by atoms with Gasteiger partial charge in [0.25, 0.3) is 5.91 Å². The zero-order chi connectivity index (χ0) is 19.9. The normalized spacial score (nSPS) is 16.8. The van der Waals surface area contributed by atoms with E-state index in [-0.39, 0.29) is 6.42 Å². The van der Waals surface area contributed by atoms with Crippen molar-refractivity contribution in [3.8, 4) is 0 Å². The number of nitrogens with zero attached hydrogens (tertiary/aromatic N) is 1. The average molecular weight is 383 g/mol. The lowest BCUT2D eigenvalue weighted by Gasteiger charge is -2.14. The zero-order valence-electron chi connectivity index (χ0n) is 17.0. The molecule has 1 heterocycles. The predicted molar refractivity (Wildman–Crippen MR) is 106 cm³/mol. The Labute approximate surface area is 164 Å². The van der Waals surface area contributed by atoms with E-state index in [0.29, 0.717) is 11.3 Å². The molecule has 4 amide bonds. The maximum Gasteiger partial charge on any atom is 0.333 e. The molecule has 0 aromatic rings. The van der Waals surface area contributed by atoms with Crippen LogP contribution in [0.15, 0.2) is 0 Å². The van der Waals surface area contributed by atoms with Gasteiger partial charge < -0.3 is 5.11 Å². The molecule has 1 aliphatic heterocycles. The number of imide groups is 2. The van der Waals surface area contributed by atoms with Crippen LogP contribution in [0.1, 0.15) is 110 Å². The summed E-state index contributed by atoms with van der Waals surface area (Å²) in [7, 11) is 0. The van der Waals surface area contributed by atoms with Crippen LogP contribution in [-0.2, 0) is 9.59 Å². The van der Waals surface area contributed by atoms with Crippen LogP contribution in [0.5, 0.6) is 0 Å². The van der Waals surface area contributed by atoms with E-state index < -0.39 is 24.1 Å². The maximum absolute atomic E-state index is 11.9. The molecule has 27 heavy (non-hydrogen) atoms. The van der Waals surface area contributed by atoms with Gasteiger partial charge in [0.2, 0.25) is 12.1 Å². The van der Waals surface area contributed by atoms with Crippen LogP contribution in [0, 0.1) is 0 Å². The summed E-state index contributed by atoms with van der Waals surface area (Å²) in [5, 5.41) is 11.4. The fourth-order valence-electron chi connectivity index (χ4n) is 3.48. The van der Waals surface area contributed by atoms with Gasteiger partial charge in [-0.3, -0.25) is 14.9 Å². The lowest BCUT2D eigenvalue weighted by molar-refractivity contribution is -0.142. The first kappa shape index (κ1) is 23.6. The van der Waals surface area contributed by atoms with Gasteiger partial charge in [0.15, 0.2) is 0 Å². The van der Waals surface area contributed by atoms with Gasteiger partial charge in [-0.05, 0) is 6.42 Å². The van der Waals surface area contributed by atoms with Crippen molar-refractivity contribution in [2.45, 2.75) is 116 Å². The molecule has 6 heteroatoms. The van der Waals surface area contributed by atoms with Gasteiger partial charge in [0.05, 0.1) is 0 Å². The van der Waals surface area contributed by atoms with Crippen LogP contribution in [-0.4, -0.2) is 34.1 Å². The minimum absolute atomic E-state index is 0.190. The lowest BCUT2D eigenvalue weighted by Crippen LogP contribution is -2.40. The highest BCUT2D eigenvalue weighted by Gasteiger charge is 2.40. The molecule has 156 valence electrons. The van der Waals surface area contributed by atoms with E-state index in [4.69, 9.17) is 0 Å². The lowest BCUT2D eigenvalue weighted by atomic mass is 10.0. The predicted octanol–water partition coefficient (Wildman–Crippen LogP) is 4.64. The number of hydrogen-bond donors (Lipinski definition) is 2. The van der Waals surface area contributed by atoms with E-state index in [0.717, 1.165) is 12.8 Å². The van der Waals surface area contributed by atoms with Gasteiger partial charge in [-0.15, -0.1) is 0 Å². The number of carbonyl (C=O) groups is 3. The Kier molecular flexibility index (Phi) is 12.8. The summed E-state index contributed by atoms with van der Waals surface area (Å²) >= 11 is 0. The number of carbonyl (C=O) groups excluding carboxylic acids is 3. The van der Waals surface area contributed by atoms with Crippen molar-refractivity contribution in [2.24, 2.45) is 0 Å². The third-order valence-corrected chi connectivity index (χ3v) is 5.19. The summed E-state index contributed by atoms with van der Waals surface area (Å²) in [5.41, 5.74) is 0. The van der Waals surface area contributed by atoms with Crippen molar-refractivity contribution in [1.29, 1.82) is 0 Å². The molecule has 0 aliphatic carbocycles. The summed E-state index contributed by atoms with van der Waals surface area (Å²) in [6, 6.07) is -0.821. The standard InChI is InChI=1S/C21H38N2O4/c1-2-3-4-5-6-7-8-9-10-11-12-13-14-15-16-17-18(24)23-20(26)19(25)22-21(23)27/h20,26H,2-17H2,1H3,(H,22,25,27). The van der Waals surface area contributed by atoms with Crippen LogP contribution in [0.25, 0.3) is 0 Å². The van der Waals surface area contributed by atoms with Crippen LogP contribution in [0.2, 0.25) is 0 Å². The van der Waals surface area contributed by atoms with E-state index >= 15 is 0 Å². The molecule has 0 aromatic carbocycles. The summed E-state index contributed by atoms with van der Waals surface area (Å²) < 4.78 is 0. The van der Waals surface area contributed by atoms with Crippen molar-refractivity contribution in [1.82, 2.24) is 10.2 Å². The number of nitrogens with one attached hydrogen (secondary N) is 1. The molecule has 2 N–H and O–H groups in total. The van der Waals surface area contributed by atoms with Crippen LogP contribution < -0.4 is 5.32 Å². The summed E-state index contributed by atoms with van der Waals surface area (Å²) in [6.07, 6.45) is 17.2. The summed E-state index contributed by atoms with van der Waals surface area (Å²) in [6.45, 7) is 2.25. The van der Waals surface area contributed by atoms with Crippen LogP contribution in [0.4, 0.5) is 4.79 Å². The molecular formula is C21H38N2O4. The molecule has 1 unspecified atom stereocenters. The smallest absolute Gasteiger partial charge is 0.333 e. The van der Waals surface area contributed by atoms with Crippen molar-refractivity contribution in [2.75, 3.05) is 0 Å². The molecule has 1 fully saturated rings. The Morgan fingerprint density at radius 3 is 1.59 bits per heavy atom. The van der Waals surface area contributed by atoms with E-state index in [1.807, 2.05) is 5.32 Å². The highest BCUT2D eigenvalue weighted by molar-refractivity contribution is 6.10. The number of rotatable bonds is 16. The highest BCUT2D eigenvalue weighted by atomic mass is 16.3. The fraction of sp³-hybridized carbons (Fsp3) is 0.857. The molecule has 1 saturated heterocycles. The molecule has 0 bridgehead atoms. The van der Waals surface area contributed by atoms with Crippen molar-refractivity contribution < 1.29 is 19.5 Å². The second-order valence-electron chi connectivity index (χ2n) is 7.63. The Bertz CT molecular complexity index is 453. The number of amides is 4. The topological polar surface area (TPSA) is 86.7 Å². The van der Waals surface area contributed by atoms with Gasteiger partial charge in [-0.1, -0.05) is 96.8 Å². The fourth-order valence-corrected chi connectivity index (χ4v) is 3.48. The Morgan fingerprint density at radius 2 is 1.22 bits per heavy atom. The van der Waals surface area contributed by atoms with Crippen LogP contribution in [0.3, 0.4) is 0 Å². The van der Waals surface area contributed by atoms with Crippen molar-refractivity contribution in [3.05, 3.63) is 0 Å². The summed E-state index contributed by atoms with van der Waals surface area (Å²) in [5.74, 6) is -1.31. The largest absolute Gasteiger partial charge is 0.365 e. The number of aliphatic hydroxyl groups excluding tert-OH is 1. The monoisotopic (exact) mass is 382 g/mol. The molecule has 6 nitrogen and oxygen atoms in total. The molecule has 1 rings (SSSR count). The van der Waals surface area contributed by atoms with Gasteiger partial charge in [-0.25, -0.2) is 9.69 Å². The summed E-state index contributed by atoms with van der Waals surface area (Å²) in [4.78, 5) is 35.1. The second-order valence-corrected chi connectivity index (χ2v) is 7.63. The number of aliphatic hydroxyl groups is 1. The first-order valence-corrected chi connectivity index (χ1v) is 10.9. The first-order chi connectivity index (χ1) is 13.1. The highest BCUT2D eigenvalue weighted by Crippen LogP contribution is 2.15. The Hall–Kier alpha value is -1.43. The van der Waals surface area contributed by atoms with E-state index in [1.54, 1.807) is 0 Å². The molecule has 0 aromatic heterocycles. The van der Waals surface area contributed by atoms with Crippen LogP contribution >= 0.6 is 0 Å². The SMILES string of the molecule is CCCCCCCCCCCCCCCCCC(=O)N1C(=O)NC(=O)C1O. The molecule has 1 atom stereocenters. The minimum Gasteiger partial charge on any atom is -0.365 e. The third-order valence-electron chi connectivity index (χ3n) is 5.19. The second kappa shape index (κ2) is 14.6. The van der Waals surface area contributed by atoms with E-state index in [1.165, 1.54) is 77.0 Å². The minimum atomic E-state index is -1.67. The van der Waals surface area contributed by atoms with Crippen molar-refractivity contribution in [3.63, 3.8) is 0 Å². The van der Waals surface area contributed by atoms with Gasteiger partial charge in [0, 0.05) is 6.42 Å². The molecule has 0 spiro atoms. The number of hydrogen-bond acceptors (Lipinski definition) is 4. The maximum atomic E-state index is 11.9. The third kappa shape index (κ3) is 9.89. The Morgan fingerprint density at radius 1 is 0.815 bits per heavy atom. The van der Waals surface area contributed by atoms with Gasteiger partial charge in [0.1, 0.15) is 0 Å². The zero-order valence-corrected chi connectivity index (χ0v) is 17.0. The van der Waals surface area contributed by atoms with Crippen molar-refractivity contribution >= 4 is 17.8 Å². The first-order valence-electron chi connectivity index (χ1n) is 10.9. The Balaban J connectivity index is 1.86. The molecule has 0 saturated carbocycles. The van der Waals surface area contributed by atoms with E-state index in [9.17, 15) is 19.5 Å². The average Bonchev–Trinajstić information content (AvgIpc) is 2.90. The number of unbranched alkanes of at least 4 members (excludes halogenated alkanes) is 14. The molecule has 1 aliphatic rings. The van der Waals surface area contributed by atoms with Gasteiger partial charge >= 0.3 is 6.03 Å². The quantitative estimate of drug-likeness (QED) is 0.301. The molecule has 0 radical (unpaired) electrons. The van der Waals surface area contributed by atoms with E-state index in [2.05, 4.69) is 6.92 Å². The number of urea groups is 1. The van der Waals surface area contributed by atoms with Gasteiger partial charge in [-0.2, -0.15) is 0 Å².